The zero-order valence-corrected chi connectivity index (χ0v) is 20.2. The van der Waals surface area contributed by atoms with Crippen LogP contribution in [-0.2, 0) is 12.1 Å². The van der Waals surface area contributed by atoms with E-state index in [4.69, 9.17) is 9.72 Å². The number of carboxylic acid groups (broad SMARTS) is 1. The maximum absolute atomic E-state index is 11.4. The summed E-state index contributed by atoms with van der Waals surface area (Å²) in [5.41, 5.74) is 5.08. The Bertz CT molecular complexity index is 1440. The zero-order valence-electron chi connectivity index (χ0n) is 20.2. The summed E-state index contributed by atoms with van der Waals surface area (Å²) in [4.78, 5) is 16.4. The molecule has 0 radical (unpaired) electrons. The molecule has 2 aromatic carbocycles. The molecule has 0 atom stereocenters. The van der Waals surface area contributed by atoms with Crippen LogP contribution in [-0.4, -0.2) is 30.9 Å². The average molecular weight is 482 g/mol. The van der Waals surface area contributed by atoms with Gasteiger partial charge in [-0.1, -0.05) is 68.4 Å². The van der Waals surface area contributed by atoms with E-state index in [2.05, 4.69) is 52.1 Å². The maximum Gasteiger partial charge on any atom is 0.405 e. The summed E-state index contributed by atoms with van der Waals surface area (Å²) in [6, 6.07) is 20.3. The Kier molecular flexibility index (Phi) is 5.25. The summed E-state index contributed by atoms with van der Waals surface area (Å²) in [5, 5.41) is 20.8. The minimum absolute atomic E-state index is 0.197. The van der Waals surface area contributed by atoms with Gasteiger partial charge in [0.1, 0.15) is 11.5 Å². The molecule has 1 saturated carbocycles. The fourth-order valence-electron chi connectivity index (χ4n) is 5.17. The van der Waals surface area contributed by atoms with E-state index in [1.54, 1.807) is 0 Å². The SMILES string of the molecule is CC(C)c1nnc2n1-c1cc(-c3ccccc3)c(-c3ccc(C4(NC(=O)O)CCC4)cc3)nc1OC2. The Balaban J connectivity index is 1.48. The fourth-order valence-corrected chi connectivity index (χ4v) is 5.17. The van der Waals surface area contributed by atoms with Crippen molar-refractivity contribution in [3.05, 3.63) is 77.9 Å². The number of amides is 1. The molecule has 3 heterocycles. The predicted molar refractivity (Wildman–Crippen MR) is 135 cm³/mol. The molecule has 0 saturated heterocycles. The number of pyridine rings is 1. The van der Waals surface area contributed by atoms with Gasteiger partial charge in [0.2, 0.25) is 5.88 Å². The van der Waals surface area contributed by atoms with Gasteiger partial charge in [-0.15, -0.1) is 10.2 Å². The number of carbonyl (C=O) groups is 1. The summed E-state index contributed by atoms with van der Waals surface area (Å²) in [6.45, 7) is 4.51. The molecule has 6 rings (SSSR count). The highest BCUT2D eigenvalue weighted by molar-refractivity contribution is 5.83. The van der Waals surface area contributed by atoms with Crippen LogP contribution in [0.3, 0.4) is 0 Å². The average Bonchev–Trinajstić information content (AvgIpc) is 3.31. The molecule has 1 amide bonds. The van der Waals surface area contributed by atoms with Gasteiger partial charge in [0, 0.05) is 17.0 Å². The molecule has 0 unspecified atom stereocenters. The number of hydrogen-bond donors (Lipinski definition) is 2. The van der Waals surface area contributed by atoms with Crippen LogP contribution in [0.15, 0.2) is 60.7 Å². The van der Waals surface area contributed by atoms with Gasteiger partial charge in [-0.2, -0.15) is 0 Å². The second-order valence-corrected chi connectivity index (χ2v) is 9.77. The van der Waals surface area contributed by atoms with Crippen molar-refractivity contribution >= 4 is 6.09 Å². The third-order valence-electron chi connectivity index (χ3n) is 7.17. The van der Waals surface area contributed by atoms with E-state index in [1.165, 1.54) is 0 Å². The normalized spacial score (nSPS) is 15.4. The molecule has 36 heavy (non-hydrogen) atoms. The summed E-state index contributed by atoms with van der Waals surface area (Å²) in [5.74, 6) is 2.39. The number of nitrogens with one attached hydrogen (secondary N) is 1. The topological polar surface area (TPSA) is 102 Å². The maximum atomic E-state index is 11.4. The smallest absolute Gasteiger partial charge is 0.405 e. The van der Waals surface area contributed by atoms with Crippen molar-refractivity contribution in [2.24, 2.45) is 0 Å². The first-order valence-corrected chi connectivity index (χ1v) is 12.2. The van der Waals surface area contributed by atoms with Crippen LogP contribution in [0.2, 0.25) is 0 Å². The van der Waals surface area contributed by atoms with Gasteiger partial charge in [0.15, 0.2) is 12.4 Å². The molecule has 8 nitrogen and oxygen atoms in total. The van der Waals surface area contributed by atoms with Crippen LogP contribution < -0.4 is 10.1 Å². The largest absolute Gasteiger partial charge is 0.468 e. The van der Waals surface area contributed by atoms with Crippen LogP contribution in [0, 0.1) is 0 Å². The van der Waals surface area contributed by atoms with Crippen LogP contribution in [0.25, 0.3) is 28.1 Å². The third kappa shape index (κ3) is 3.61. The third-order valence-corrected chi connectivity index (χ3v) is 7.17. The van der Waals surface area contributed by atoms with E-state index in [0.29, 0.717) is 12.5 Å². The van der Waals surface area contributed by atoms with Gasteiger partial charge in [-0.05, 0) is 36.5 Å². The molecule has 8 heteroatoms. The van der Waals surface area contributed by atoms with E-state index in [0.717, 1.165) is 64.5 Å². The second-order valence-electron chi connectivity index (χ2n) is 9.77. The molecule has 0 bridgehead atoms. The van der Waals surface area contributed by atoms with Gasteiger partial charge in [0.05, 0.1) is 11.2 Å². The molecule has 1 aliphatic heterocycles. The summed E-state index contributed by atoms with van der Waals surface area (Å²) in [7, 11) is 0. The van der Waals surface area contributed by atoms with E-state index < -0.39 is 11.6 Å². The molecular weight excluding hydrogens is 454 g/mol. The summed E-state index contributed by atoms with van der Waals surface area (Å²) < 4.78 is 8.10. The number of nitrogens with zero attached hydrogens (tertiary/aromatic N) is 4. The van der Waals surface area contributed by atoms with Gasteiger partial charge < -0.3 is 15.2 Å². The number of aromatic nitrogens is 4. The summed E-state index contributed by atoms with van der Waals surface area (Å²) in [6.07, 6.45) is 1.62. The molecule has 0 spiro atoms. The minimum atomic E-state index is -0.993. The highest BCUT2D eigenvalue weighted by Gasteiger charge is 2.40. The van der Waals surface area contributed by atoms with Crippen molar-refractivity contribution in [2.75, 3.05) is 0 Å². The minimum Gasteiger partial charge on any atom is -0.468 e. The lowest BCUT2D eigenvalue weighted by Gasteiger charge is -2.42. The Morgan fingerprint density at radius 2 is 1.81 bits per heavy atom. The van der Waals surface area contributed by atoms with Crippen LogP contribution in [0.1, 0.15) is 56.2 Å². The van der Waals surface area contributed by atoms with Crippen molar-refractivity contribution in [3.63, 3.8) is 0 Å². The fraction of sp³-hybridized carbons (Fsp3) is 0.286. The van der Waals surface area contributed by atoms with Gasteiger partial charge in [0.25, 0.3) is 0 Å². The molecule has 182 valence electrons. The van der Waals surface area contributed by atoms with Crippen LogP contribution in [0.5, 0.6) is 5.88 Å². The first kappa shape index (κ1) is 22.3. The van der Waals surface area contributed by atoms with E-state index in [9.17, 15) is 9.90 Å². The Hall–Kier alpha value is -4.20. The zero-order chi connectivity index (χ0) is 24.9. The lowest BCUT2D eigenvalue weighted by Crippen LogP contribution is -2.50. The van der Waals surface area contributed by atoms with Crippen molar-refractivity contribution in [2.45, 2.75) is 51.2 Å². The lowest BCUT2D eigenvalue weighted by molar-refractivity contribution is 0.144. The number of ether oxygens (including phenoxy) is 1. The number of rotatable bonds is 5. The second kappa shape index (κ2) is 8.48. The standard InChI is InChI=1S/C28H27N5O3/c1-17(2)25-32-31-23-16-36-26-22(33(23)25)15-21(18-7-4-3-5-8-18)24(29-26)19-9-11-20(12-10-19)28(13-6-14-28)30-27(34)35/h3-5,7-12,15,17,30H,6,13-14,16H2,1-2H3,(H,34,35). The van der Waals surface area contributed by atoms with Crippen LogP contribution in [0.4, 0.5) is 4.79 Å². The highest BCUT2D eigenvalue weighted by Crippen LogP contribution is 2.43. The summed E-state index contributed by atoms with van der Waals surface area (Å²) >= 11 is 0. The van der Waals surface area contributed by atoms with E-state index in [-0.39, 0.29) is 5.92 Å². The molecule has 1 fully saturated rings. The highest BCUT2D eigenvalue weighted by atomic mass is 16.5. The van der Waals surface area contributed by atoms with Crippen molar-refractivity contribution in [1.29, 1.82) is 0 Å². The quantitative estimate of drug-likeness (QED) is 0.381. The molecular formula is C28H27N5O3. The Morgan fingerprint density at radius 1 is 1.06 bits per heavy atom. The van der Waals surface area contributed by atoms with Crippen LogP contribution >= 0.6 is 0 Å². The first-order valence-electron chi connectivity index (χ1n) is 12.2. The van der Waals surface area contributed by atoms with Crippen molar-refractivity contribution < 1.29 is 14.6 Å². The van der Waals surface area contributed by atoms with Gasteiger partial charge in [-0.3, -0.25) is 4.57 Å². The van der Waals surface area contributed by atoms with E-state index >= 15 is 0 Å². The number of hydrogen-bond acceptors (Lipinski definition) is 5. The van der Waals surface area contributed by atoms with Gasteiger partial charge in [-0.25, -0.2) is 9.78 Å². The number of fused-ring (bicyclic) bond motifs is 3. The molecule has 2 aliphatic rings. The first-order chi connectivity index (χ1) is 17.4. The Morgan fingerprint density at radius 3 is 2.44 bits per heavy atom. The molecule has 1 aliphatic carbocycles. The molecule has 2 aromatic heterocycles. The lowest BCUT2D eigenvalue weighted by atomic mass is 9.71. The van der Waals surface area contributed by atoms with Gasteiger partial charge >= 0.3 is 6.09 Å². The number of benzene rings is 2. The van der Waals surface area contributed by atoms with Crippen molar-refractivity contribution in [3.8, 4) is 34.0 Å². The monoisotopic (exact) mass is 481 g/mol. The Labute approximate surface area is 209 Å². The van der Waals surface area contributed by atoms with E-state index in [1.807, 2.05) is 42.5 Å². The predicted octanol–water partition coefficient (Wildman–Crippen LogP) is 5.66. The molecule has 4 aromatic rings. The van der Waals surface area contributed by atoms with Crippen molar-refractivity contribution in [1.82, 2.24) is 25.1 Å². The molecule has 2 N–H and O–H groups in total.